The SMILES string of the molecule is CCN(CC)C(=O)O.[Ni]. The Balaban J connectivity index is 0. The van der Waals surface area contributed by atoms with E-state index < -0.39 is 6.09 Å². The number of carbonyl (C=O) groups is 1. The first-order valence-corrected chi connectivity index (χ1v) is 2.70. The number of nitrogens with zero attached hydrogens (tertiary/aromatic N) is 1. The van der Waals surface area contributed by atoms with Crippen LogP contribution in [0.15, 0.2) is 0 Å². The zero-order valence-corrected chi connectivity index (χ0v) is 6.52. The molecule has 0 fully saturated rings. The van der Waals surface area contributed by atoms with Crippen LogP contribution in [0.3, 0.4) is 0 Å². The summed E-state index contributed by atoms with van der Waals surface area (Å²) in [6, 6.07) is 0. The fourth-order valence-corrected chi connectivity index (χ4v) is 0.494. The molecule has 0 heterocycles. The topological polar surface area (TPSA) is 40.5 Å². The molecule has 0 aliphatic heterocycles. The Morgan fingerprint density at radius 3 is 1.78 bits per heavy atom. The molecule has 0 aromatic rings. The quantitative estimate of drug-likeness (QED) is 0.637. The van der Waals surface area contributed by atoms with E-state index in [1.54, 1.807) is 0 Å². The van der Waals surface area contributed by atoms with Crippen molar-refractivity contribution in [3.8, 4) is 0 Å². The van der Waals surface area contributed by atoms with E-state index in [1.165, 1.54) is 4.90 Å². The minimum absolute atomic E-state index is 0. The number of carboxylic acid groups (broad SMARTS) is 1. The van der Waals surface area contributed by atoms with E-state index in [4.69, 9.17) is 5.11 Å². The van der Waals surface area contributed by atoms with Crippen LogP contribution in [0.25, 0.3) is 0 Å². The van der Waals surface area contributed by atoms with Gasteiger partial charge in [-0.3, -0.25) is 0 Å². The summed E-state index contributed by atoms with van der Waals surface area (Å²) in [5.74, 6) is 0. The van der Waals surface area contributed by atoms with Crippen LogP contribution in [0.1, 0.15) is 13.8 Å². The fraction of sp³-hybridized carbons (Fsp3) is 0.800. The Bertz CT molecular complexity index is 83.0. The smallest absolute Gasteiger partial charge is 0.407 e. The molecule has 0 atom stereocenters. The summed E-state index contributed by atoms with van der Waals surface area (Å²) in [5.41, 5.74) is 0. The van der Waals surface area contributed by atoms with E-state index in [0.29, 0.717) is 13.1 Å². The molecule has 9 heavy (non-hydrogen) atoms. The molecular formula is C5H11NNiO2. The van der Waals surface area contributed by atoms with E-state index in [1.807, 2.05) is 13.8 Å². The van der Waals surface area contributed by atoms with Gasteiger partial charge in [-0.2, -0.15) is 0 Å². The van der Waals surface area contributed by atoms with Crippen LogP contribution in [0.5, 0.6) is 0 Å². The summed E-state index contributed by atoms with van der Waals surface area (Å²) in [6.07, 6.45) is -0.838. The molecule has 4 heteroatoms. The molecule has 0 aromatic heterocycles. The molecule has 58 valence electrons. The van der Waals surface area contributed by atoms with E-state index >= 15 is 0 Å². The third kappa shape index (κ3) is 4.28. The summed E-state index contributed by atoms with van der Waals surface area (Å²) in [4.78, 5) is 11.4. The van der Waals surface area contributed by atoms with Crippen LogP contribution in [-0.2, 0) is 16.5 Å². The van der Waals surface area contributed by atoms with Crippen LogP contribution in [0, 0.1) is 0 Å². The average Bonchev–Trinajstić information content (AvgIpc) is 1.69. The van der Waals surface area contributed by atoms with Gasteiger partial charge in [0, 0.05) is 29.6 Å². The minimum atomic E-state index is -0.838. The zero-order valence-electron chi connectivity index (χ0n) is 5.53. The van der Waals surface area contributed by atoms with Crippen molar-refractivity contribution in [1.82, 2.24) is 4.90 Å². The van der Waals surface area contributed by atoms with E-state index in [9.17, 15) is 4.79 Å². The van der Waals surface area contributed by atoms with Gasteiger partial charge in [0.05, 0.1) is 0 Å². The molecule has 0 rings (SSSR count). The normalized spacial score (nSPS) is 7.78. The first kappa shape index (κ1) is 11.5. The zero-order chi connectivity index (χ0) is 6.57. The maximum atomic E-state index is 10.1. The molecule has 0 spiro atoms. The summed E-state index contributed by atoms with van der Waals surface area (Å²) >= 11 is 0. The van der Waals surface area contributed by atoms with Gasteiger partial charge in [0.2, 0.25) is 0 Å². The number of hydrogen-bond acceptors (Lipinski definition) is 1. The monoisotopic (exact) mass is 175 g/mol. The molecular weight excluding hydrogens is 165 g/mol. The van der Waals surface area contributed by atoms with Gasteiger partial charge in [-0.15, -0.1) is 0 Å². The summed E-state index contributed by atoms with van der Waals surface area (Å²) < 4.78 is 0. The second-order valence-electron chi connectivity index (χ2n) is 1.45. The molecule has 0 aromatic carbocycles. The van der Waals surface area contributed by atoms with Gasteiger partial charge < -0.3 is 10.0 Å². The first-order chi connectivity index (χ1) is 3.72. The van der Waals surface area contributed by atoms with Crippen molar-refractivity contribution in [2.24, 2.45) is 0 Å². The molecule has 0 unspecified atom stereocenters. The number of rotatable bonds is 2. The standard InChI is InChI=1S/C5H11NO2.Ni/c1-3-6(4-2)5(7)8;/h3-4H2,1-2H3,(H,7,8);. The van der Waals surface area contributed by atoms with E-state index in [0.717, 1.165) is 0 Å². The van der Waals surface area contributed by atoms with Crippen molar-refractivity contribution in [3.63, 3.8) is 0 Å². The Morgan fingerprint density at radius 1 is 1.44 bits per heavy atom. The molecule has 0 saturated heterocycles. The van der Waals surface area contributed by atoms with Crippen molar-refractivity contribution in [2.45, 2.75) is 13.8 Å². The maximum Gasteiger partial charge on any atom is 0.407 e. The van der Waals surface area contributed by atoms with Crippen LogP contribution in [0.4, 0.5) is 4.79 Å². The van der Waals surface area contributed by atoms with Crippen molar-refractivity contribution >= 4 is 6.09 Å². The molecule has 0 saturated carbocycles. The molecule has 0 aliphatic rings. The molecule has 0 bridgehead atoms. The van der Waals surface area contributed by atoms with Gasteiger partial charge in [0.1, 0.15) is 0 Å². The van der Waals surface area contributed by atoms with Crippen LogP contribution >= 0.6 is 0 Å². The predicted octanol–water partition coefficient (Wildman–Crippen LogP) is 1.00. The summed E-state index contributed by atoms with van der Waals surface area (Å²) in [6.45, 7) is 4.78. The second-order valence-corrected chi connectivity index (χ2v) is 1.45. The van der Waals surface area contributed by atoms with Gasteiger partial charge in [-0.05, 0) is 13.8 Å². The molecule has 0 radical (unpaired) electrons. The molecule has 1 amide bonds. The average molecular weight is 176 g/mol. The molecule has 1 N–H and O–H groups in total. The largest absolute Gasteiger partial charge is 0.465 e. The van der Waals surface area contributed by atoms with Gasteiger partial charge in [-0.1, -0.05) is 0 Å². The minimum Gasteiger partial charge on any atom is -0.465 e. The van der Waals surface area contributed by atoms with Crippen LogP contribution in [0.2, 0.25) is 0 Å². The van der Waals surface area contributed by atoms with Crippen molar-refractivity contribution < 1.29 is 26.4 Å². The Labute approximate surface area is 65.0 Å². The van der Waals surface area contributed by atoms with E-state index in [-0.39, 0.29) is 16.5 Å². The van der Waals surface area contributed by atoms with Gasteiger partial charge >= 0.3 is 6.09 Å². The van der Waals surface area contributed by atoms with Crippen LogP contribution < -0.4 is 0 Å². The Hall–Kier alpha value is -0.236. The molecule has 0 aliphatic carbocycles. The van der Waals surface area contributed by atoms with Crippen molar-refractivity contribution in [3.05, 3.63) is 0 Å². The van der Waals surface area contributed by atoms with Crippen molar-refractivity contribution in [2.75, 3.05) is 13.1 Å². The Kier molecular flexibility index (Phi) is 7.56. The second kappa shape index (κ2) is 5.89. The van der Waals surface area contributed by atoms with Crippen molar-refractivity contribution in [1.29, 1.82) is 0 Å². The summed E-state index contributed by atoms with van der Waals surface area (Å²) in [5, 5.41) is 8.30. The fourth-order valence-electron chi connectivity index (χ4n) is 0.494. The molecule has 3 nitrogen and oxygen atoms in total. The summed E-state index contributed by atoms with van der Waals surface area (Å²) in [7, 11) is 0. The first-order valence-electron chi connectivity index (χ1n) is 2.70. The van der Waals surface area contributed by atoms with Gasteiger partial charge in [-0.25, -0.2) is 4.79 Å². The van der Waals surface area contributed by atoms with Gasteiger partial charge in [0.15, 0.2) is 0 Å². The van der Waals surface area contributed by atoms with Gasteiger partial charge in [0.25, 0.3) is 0 Å². The van der Waals surface area contributed by atoms with Crippen LogP contribution in [-0.4, -0.2) is 29.2 Å². The number of hydrogen-bond donors (Lipinski definition) is 1. The maximum absolute atomic E-state index is 10.1. The predicted molar refractivity (Wildman–Crippen MR) is 30.9 cm³/mol. The third-order valence-electron chi connectivity index (χ3n) is 1.03. The Morgan fingerprint density at radius 2 is 1.78 bits per heavy atom. The number of amides is 1. The third-order valence-corrected chi connectivity index (χ3v) is 1.03. The van der Waals surface area contributed by atoms with E-state index in [2.05, 4.69) is 0 Å².